The molecule has 0 bridgehead atoms. The van der Waals surface area contributed by atoms with Gasteiger partial charge in [-0.3, -0.25) is 0 Å². The zero-order valence-corrected chi connectivity index (χ0v) is 15.1. The minimum atomic E-state index is -1.39. The van der Waals surface area contributed by atoms with Crippen LogP contribution >= 0.6 is 0 Å². The number of hydrogen-bond acceptors (Lipinski definition) is 1. The van der Waals surface area contributed by atoms with E-state index in [1.54, 1.807) is 0 Å². The van der Waals surface area contributed by atoms with Gasteiger partial charge >= 0.3 is 0 Å². The first kappa shape index (κ1) is 16.1. The van der Waals surface area contributed by atoms with Crippen molar-refractivity contribution >= 4 is 8.32 Å². The molecule has 2 aliphatic rings. The van der Waals surface area contributed by atoms with Crippen LogP contribution in [0.4, 0.5) is 0 Å². The first-order valence-corrected chi connectivity index (χ1v) is 12.3. The third-order valence-electron chi connectivity index (χ3n) is 5.10. The zero-order valence-electron chi connectivity index (χ0n) is 14.1. The molecule has 1 fully saturated rings. The summed E-state index contributed by atoms with van der Waals surface area (Å²) in [6, 6.07) is 0. The third kappa shape index (κ3) is 4.94. The third-order valence-corrected chi connectivity index (χ3v) is 5.98. The van der Waals surface area contributed by atoms with Crippen molar-refractivity contribution in [2.45, 2.75) is 84.4 Å². The number of hydrogen-bond donors (Lipinski definition) is 0. The van der Waals surface area contributed by atoms with Crippen LogP contribution in [0.25, 0.3) is 0 Å². The second kappa shape index (κ2) is 7.15. The Kier molecular flexibility index (Phi) is 5.77. The van der Waals surface area contributed by atoms with Crippen LogP contribution in [0.1, 0.15) is 64.7 Å². The van der Waals surface area contributed by atoms with Crippen LogP contribution < -0.4 is 0 Å². The van der Waals surface area contributed by atoms with Crippen LogP contribution in [0.5, 0.6) is 0 Å². The predicted molar refractivity (Wildman–Crippen MR) is 90.2 cm³/mol. The van der Waals surface area contributed by atoms with Crippen LogP contribution in [0, 0.1) is 17.8 Å². The van der Waals surface area contributed by atoms with Gasteiger partial charge in [0, 0.05) is 6.42 Å². The van der Waals surface area contributed by atoms with E-state index in [0.29, 0.717) is 0 Å². The SMILES string of the molecule is CCCC1CCC(C2CC=C(O[Si](C)(C)C)CC2)CC1. The highest BCUT2D eigenvalue weighted by molar-refractivity contribution is 6.70. The van der Waals surface area contributed by atoms with E-state index in [1.807, 2.05) is 0 Å². The standard InChI is InChI=1S/C18H34OSi/c1-5-6-15-7-9-16(10-8-15)17-11-13-18(14-12-17)19-20(2,3)4/h13,15-17H,5-12,14H2,1-4H3. The summed E-state index contributed by atoms with van der Waals surface area (Å²) in [6.07, 6.45) is 15.1. The van der Waals surface area contributed by atoms with Crippen LogP contribution in [0.2, 0.25) is 19.6 Å². The molecule has 1 unspecified atom stereocenters. The van der Waals surface area contributed by atoms with E-state index in [2.05, 4.69) is 32.6 Å². The lowest BCUT2D eigenvalue weighted by Crippen LogP contribution is -2.27. The molecule has 20 heavy (non-hydrogen) atoms. The van der Waals surface area contributed by atoms with Crippen molar-refractivity contribution in [3.8, 4) is 0 Å². The molecule has 0 saturated heterocycles. The molecule has 0 aromatic rings. The largest absolute Gasteiger partial charge is 0.548 e. The van der Waals surface area contributed by atoms with E-state index in [4.69, 9.17) is 4.43 Å². The summed E-state index contributed by atoms with van der Waals surface area (Å²) in [7, 11) is -1.39. The molecular weight excluding hydrogens is 260 g/mol. The summed E-state index contributed by atoms with van der Waals surface area (Å²) in [4.78, 5) is 0. The second-order valence-corrected chi connectivity index (χ2v) is 12.4. The zero-order chi connectivity index (χ0) is 14.6. The van der Waals surface area contributed by atoms with Gasteiger partial charge in [-0.2, -0.15) is 0 Å². The highest BCUT2D eigenvalue weighted by Crippen LogP contribution is 2.40. The van der Waals surface area contributed by atoms with Gasteiger partial charge in [-0.25, -0.2) is 0 Å². The molecule has 2 heteroatoms. The molecule has 0 spiro atoms. The Balaban J connectivity index is 1.77. The average Bonchev–Trinajstić information content (AvgIpc) is 2.39. The van der Waals surface area contributed by atoms with Crippen LogP contribution in [0.3, 0.4) is 0 Å². The van der Waals surface area contributed by atoms with Crippen LogP contribution in [-0.2, 0) is 4.43 Å². The van der Waals surface area contributed by atoms with Crippen molar-refractivity contribution in [1.82, 2.24) is 0 Å². The lowest BCUT2D eigenvalue weighted by atomic mass is 9.71. The lowest BCUT2D eigenvalue weighted by Gasteiger charge is -2.36. The van der Waals surface area contributed by atoms with E-state index in [0.717, 1.165) is 17.8 Å². The maximum absolute atomic E-state index is 6.16. The molecule has 0 aliphatic heterocycles. The highest BCUT2D eigenvalue weighted by Gasteiger charge is 2.29. The molecule has 2 rings (SSSR count). The van der Waals surface area contributed by atoms with Gasteiger partial charge < -0.3 is 4.43 Å². The topological polar surface area (TPSA) is 9.23 Å². The van der Waals surface area contributed by atoms with E-state index >= 15 is 0 Å². The first-order valence-electron chi connectivity index (χ1n) is 8.86. The van der Waals surface area contributed by atoms with E-state index in [9.17, 15) is 0 Å². The van der Waals surface area contributed by atoms with Gasteiger partial charge in [-0.15, -0.1) is 0 Å². The van der Waals surface area contributed by atoms with Crippen molar-refractivity contribution in [2.75, 3.05) is 0 Å². The summed E-state index contributed by atoms with van der Waals surface area (Å²) in [5, 5.41) is 0. The van der Waals surface area contributed by atoms with Gasteiger partial charge in [-0.05, 0) is 69.2 Å². The predicted octanol–water partition coefficient (Wildman–Crippen LogP) is 6.13. The van der Waals surface area contributed by atoms with Crippen molar-refractivity contribution in [3.63, 3.8) is 0 Å². The second-order valence-electron chi connectivity index (χ2n) is 7.99. The maximum atomic E-state index is 6.16. The molecule has 0 N–H and O–H groups in total. The first-order chi connectivity index (χ1) is 9.48. The van der Waals surface area contributed by atoms with E-state index < -0.39 is 8.32 Å². The summed E-state index contributed by atoms with van der Waals surface area (Å²) in [5.41, 5.74) is 0. The summed E-state index contributed by atoms with van der Waals surface area (Å²) in [6.45, 7) is 9.19. The smallest absolute Gasteiger partial charge is 0.241 e. The fourth-order valence-corrected chi connectivity index (χ4v) is 5.07. The summed E-state index contributed by atoms with van der Waals surface area (Å²) < 4.78 is 6.16. The van der Waals surface area contributed by atoms with Gasteiger partial charge in [0.1, 0.15) is 0 Å². The van der Waals surface area contributed by atoms with Gasteiger partial charge in [0.25, 0.3) is 0 Å². The van der Waals surface area contributed by atoms with Gasteiger partial charge in [0.15, 0.2) is 0 Å². The molecule has 0 radical (unpaired) electrons. The monoisotopic (exact) mass is 294 g/mol. The Morgan fingerprint density at radius 1 is 1.05 bits per heavy atom. The minimum absolute atomic E-state index is 0.951. The molecule has 0 heterocycles. The Bertz CT molecular complexity index is 321. The van der Waals surface area contributed by atoms with E-state index in [-0.39, 0.29) is 0 Å². The lowest BCUT2D eigenvalue weighted by molar-refractivity contribution is 0.179. The Morgan fingerprint density at radius 3 is 2.25 bits per heavy atom. The molecule has 116 valence electrons. The normalized spacial score (nSPS) is 31.8. The maximum Gasteiger partial charge on any atom is 0.241 e. The quantitative estimate of drug-likeness (QED) is 0.554. The van der Waals surface area contributed by atoms with Crippen molar-refractivity contribution < 1.29 is 4.43 Å². The van der Waals surface area contributed by atoms with Crippen LogP contribution in [0.15, 0.2) is 11.8 Å². The van der Waals surface area contributed by atoms with Gasteiger partial charge in [0.05, 0.1) is 5.76 Å². The summed E-state index contributed by atoms with van der Waals surface area (Å²) >= 11 is 0. The van der Waals surface area contributed by atoms with Crippen molar-refractivity contribution in [2.24, 2.45) is 17.8 Å². The van der Waals surface area contributed by atoms with Crippen molar-refractivity contribution in [3.05, 3.63) is 11.8 Å². The average molecular weight is 295 g/mol. The Hall–Kier alpha value is -0.243. The molecule has 0 amide bonds. The minimum Gasteiger partial charge on any atom is -0.548 e. The molecule has 0 aromatic carbocycles. The molecular formula is C18H34OSi. The number of allylic oxidation sites excluding steroid dienone is 2. The van der Waals surface area contributed by atoms with E-state index in [1.165, 1.54) is 63.5 Å². The molecule has 1 saturated carbocycles. The molecule has 2 aliphatic carbocycles. The van der Waals surface area contributed by atoms with Crippen LogP contribution in [-0.4, -0.2) is 8.32 Å². The number of rotatable bonds is 5. The molecule has 1 nitrogen and oxygen atoms in total. The fourth-order valence-electron chi connectivity index (χ4n) is 4.10. The van der Waals surface area contributed by atoms with Gasteiger partial charge in [-0.1, -0.05) is 32.6 Å². The van der Waals surface area contributed by atoms with Crippen molar-refractivity contribution in [1.29, 1.82) is 0 Å². The Morgan fingerprint density at radius 2 is 1.75 bits per heavy atom. The summed E-state index contributed by atoms with van der Waals surface area (Å²) in [5.74, 6) is 4.31. The molecule has 1 atom stereocenters. The van der Waals surface area contributed by atoms with Gasteiger partial charge in [0.2, 0.25) is 8.32 Å². The fraction of sp³-hybridized carbons (Fsp3) is 0.889. The highest BCUT2D eigenvalue weighted by atomic mass is 28.4. The molecule has 0 aromatic heterocycles. The Labute approximate surface area is 127 Å².